The first kappa shape index (κ1) is 19.0. The number of aryl methyl sites for hydroxylation is 1. The van der Waals surface area contributed by atoms with Crippen molar-refractivity contribution in [2.45, 2.75) is 26.0 Å². The molecule has 138 valence electrons. The van der Waals surface area contributed by atoms with Crippen LogP contribution in [0.3, 0.4) is 0 Å². The lowest BCUT2D eigenvalue weighted by atomic mass is 10.1. The van der Waals surface area contributed by atoms with Crippen LogP contribution in [0.1, 0.15) is 22.4 Å². The van der Waals surface area contributed by atoms with E-state index in [1.807, 2.05) is 43.8 Å². The van der Waals surface area contributed by atoms with Gasteiger partial charge in [0.05, 0.1) is 5.92 Å². The van der Waals surface area contributed by atoms with Gasteiger partial charge >= 0.3 is 0 Å². The van der Waals surface area contributed by atoms with Gasteiger partial charge in [-0.25, -0.2) is 0 Å². The summed E-state index contributed by atoms with van der Waals surface area (Å²) < 4.78 is 0. The van der Waals surface area contributed by atoms with Crippen molar-refractivity contribution in [3.63, 3.8) is 0 Å². The van der Waals surface area contributed by atoms with Crippen molar-refractivity contribution >= 4 is 40.6 Å². The fraction of sp³-hybridized carbons (Fsp3) is 0.400. The minimum atomic E-state index is -0.260. The summed E-state index contributed by atoms with van der Waals surface area (Å²) in [5, 5.41) is 5.07. The second-order valence-electron chi connectivity index (χ2n) is 6.55. The van der Waals surface area contributed by atoms with Gasteiger partial charge < -0.3 is 10.2 Å². The largest absolute Gasteiger partial charge is 0.355 e. The summed E-state index contributed by atoms with van der Waals surface area (Å²) in [6.07, 6.45) is 0.293. The molecule has 0 saturated carbocycles. The molecule has 2 heterocycles. The van der Waals surface area contributed by atoms with Crippen molar-refractivity contribution in [2.75, 3.05) is 23.7 Å². The molecule has 6 heteroatoms. The molecule has 4 nitrogen and oxygen atoms in total. The number of nitrogens with one attached hydrogen (secondary N) is 1. The quantitative estimate of drug-likeness (QED) is 0.735. The van der Waals surface area contributed by atoms with Gasteiger partial charge in [0, 0.05) is 41.6 Å². The summed E-state index contributed by atoms with van der Waals surface area (Å²) in [4.78, 5) is 27.9. The maximum atomic E-state index is 12.4. The standard InChI is InChI=1S/C20H24N2O2S2/c1-14-5-3-7-18(15(14)2)22-12-16(11-19(22)23)20(24)21-8-10-25-13-17-6-4-9-26-17/h3-7,9,16H,8,10-13H2,1-2H3,(H,21,24). The third kappa shape index (κ3) is 4.48. The van der Waals surface area contributed by atoms with E-state index in [-0.39, 0.29) is 17.7 Å². The summed E-state index contributed by atoms with van der Waals surface area (Å²) in [6.45, 7) is 5.17. The van der Waals surface area contributed by atoms with E-state index >= 15 is 0 Å². The highest BCUT2D eigenvalue weighted by Gasteiger charge is 2.35. The average molecular weight is 389 g/mol. The first-order valence-electron chi connectivity index (χ1n) is 8.80. The predicted molar refractivity (Wildman–Crippen MR) is 110 cm³/mol. The van der Waals surface area contributed by atoms with Crippen LogP contribution in [0.5, 0.6) is 0 Å². The van der Waals surface area contributed by atoms with Crippen LogP contribution in [-0.2, 0) is 15.3 Å². The van der Waals surface area contributed by atoms with E-state index in [0.29, 0.717) is 19.5 Å². The molecule has 1 fully saturated rings. The van der Waals surface area contributed by atoms with Crippen LogP contribution in [0.25, 0.3) is 0 Å². The van der Waals surface area contributed by atoms with Crippen LogP contribution >= 0.6 is 23.1 Å². The molecule has 0 spiro atoms. The number of carbonyl (C=O) groups excluding carboxylic acids is 2. The molecule has 1 aliphatic heterocycles. The Morgan fingerprint density at radius 3 is 2.92 bits per heavy atom. The minimum absolute atomic E-state index is 0.0112. The molecule has 1 N–H and O–H groups in total. The molecule has 1 aromatic heterocycles. The fourth-order valence-corrected chi connectivity index (χ4v) is 4.80. The molecular weight excluding hydrogens is 364 g/mol. The summed E-state index contributed by atoms with van der Waals surface area (Å²) >= 11 is 3.57. The van der Waals surface area contributed by atoms with E-state index in [9.17, 15) is 9.59 Å². The van der Waals surface area contributed by atoms with Crippen molar-refractivity contribution in [3.05, 3.63) is 51.7 Å². The normalized spacial score (nSPS) is 16.9. The van der Waals surface area contributed by atoms with E-state index in [0.717, 1.165) is 28.3 Å². The lowest BCUT2D eigenvalue weighted by molar-refractivity contribution is -0.126. The summed E-state index contributed by atoms with van der Waals surface area (Å²) in [5.41, 5.74) is 3.19. The van der Waals surface area contributed by atoms with Gasteiger partial charge in [0.25, 0.3) is 0 Å². The monoisotopic (exact) mass is 388 g/mol. The summed E-state index contributed by atoms with van der Waals surface area (Å²) in [5.74, 6) is 1.62. The Bertz CT molecular complexity index is 774. The van der Waals surface area contributed by atoms with Crippen molar-refractivity contribution in [2.24, 2.45) is 5.92 Å². The molecule has 1 aliphatic rings. The topological polar surface area (TPSA) is 49.4 Å². The van der Waals surface area contributed by atoms with Gasteiger partial charge in [-0.2, -0.15) is 11.8 Å². The third-order valence-corrected chi connectivity index (χ3v) is 6.80. The fourth-order valence-electron chi connectivity index (χ4n) is 3.10. The number of anilines is 1. The SMILES string of the molecule is Cc1cccc(N2CC(C(=O)NCCSCc3cccs3)CC2=O)c1C. The van der Waals surface area contributed by atoms with Crippen molar-refractivity contribution < 1.29 is 9.59 Å². The Morgan fingerprint density at radius 2 is 2.15 bits per heavy atom. The number of rotatable bonds is 7. The van der Waals surface area contributed by atoms with Crippen molar-refractivity contribution in [1.82, 2.24) is 5.32 Å². The molecule has 0 radical (unpaired) electrons. The van der Waals surface area contributed by atoms with Crippen LogP contribution in [0.2, 0.25) is 0 Å². The van der Waals surface area contributed by atoms with E-state index in [1.54, 1.807) is 16.2 Å². The van der Waals surface area contributed by atoms with Crippen LogP contribution in [0.4, 0.5) is 5.69 Å². The molecule has 1 saturated heterocycles. The third-order valence-electron chi connectivity index (χ3n) is 4.73. The van der Waals surface area contributed by atoms with Crippen LogP contribution in [-0.4, -0.2) is 30.7 Å². The van der Waals surface area contributed by atoms with Crippen molar-refractivity contribution in [3.8, 4) is 0 Å². The molecule has 3 rings (SSSR count). The zero-order chi connectivity index (χ0) is 18.5. The number of nitrogens with zero attached hydrogens (tertiary/aromatic N) is 1. The van der Waals surface area contributed by atoms with Gasteiger partial charge in [0.15, 0.2) is 0 Å². The number of benzene rings is 1. The number of carbonyl (C=O) groups is 2. The highest BCUT2D eigenvalue weighted by atomic mass is 32.2. The number of amides is 2. The molecule has 26 heavy (non-hydrogen) atoms. The number of hydrogen-bond acceptors (Lipinski definition) is 4. The van der Waals surface area contributed by atoms with Crippen LogP contribution in [0.15, 0.2) is 35.7 Å². The number of thiophene rings is 1. The van der Waals surface area contributed by atoms with E-state index in [2.05, 4.69) is 22.8 Å². The lowest BCUT2D eigenvalue weighted by Crippen LogP contribution is -2.34. The Kier molecular flexibility index (Phi) is 6.38. The first-order valence-corrected chi connectivity index (χ1v) is 10.8. The molecule has 2 aromatic rings. The second-order valence-corrected chi connectivity index (χ2v) is 8.68. The van der Waals surface area contributed by atoms with Gasteiger partial charge in [-0.1, -0.05) is 18.2 Å². The van der Waals surface area contributed by atoms with Gasteiger partial charge in [0.2, 0.25) is 11.8 Å². The lowest BCUT2D eigenvalue weighted by Gasteiger charge is -2.20. The maximum Gasteiger partial charge on any atom is 0.227 e. The second kappa shape index (κ2) is 8.73. The molecule has 1 unspecified atom stereocenters. The number of hydrogen-bond donors (Lipinski definition) is 1. The smallest absolute Gasteiger partial charge is 0.227 e. The highest BCUT2D eigenvalue weighted by molar-refractivity contribution is 7.98. The zero-order valence-electron chi connectivity index (χ0n) is 15.2. The highest BCUT2D eigenvalue weighted by Crippen LogP contribution is 2.29. The molecule has 1 atom stereocenters. The maximum absolute atomic E-state index is 12.4. The van der Waals surface area contributed by atoms with Crippen molar-refractivity contribution in [1.29, 1.82) is 0 Å². The van der Waals surface area contributed by atoms with Gasteiger partial charge in [-0.05, 0) is 42.5 Å². The Hall–Kier alpha value is -1.79. The number of thioether (sulfide) groups is 1. The molecule has 0 aliphatic carbocycles. The first-order chi connectivity index (χ1) is 12.6. The summed E-state index contributed by atoms with van der Waals surface area (Å²) in [6, 6.07) is 10.1. The van der Waals surface area contributed by atoms with Crippen LogP contribution in [0, 0.1) is 19.8 Å². The minimum Gasteiger partial charge on any atom is -0.355 e. The van der Waals surface area contributed by atoms with Crippen LogP contribution < -0.4 is 10.2 Å². The van der Waals surface area contributed by atoms with E-state index < -0.39 is 0 Å². The van der Waals surface area contributed by atoms with Gasteiger partial charge in [0.1, 0.15) is 0 Å². The van der Waals surface area contributed by atoms with Gasteiger partial charge in [-0.3, -0.25) is 9.59 Å². The molecular formula is C20H24N2O2S2. The zero-order valence-corrected chi connectivity index (χ0v) is 16.8. The molecule has 2 amide bonds. The molecule has 0 bridgehead atoms. The predicted octanol–water partition coefficient (Wildman–Crippen LogP) is 3.77. The Balaban J connectivity index is 1.47. The molecule has 1 aromatic carbocycles. The van der Waals surface area contributed by atoms with E-state index in [1.165, 1.54) is 4.88 Å². The Morgan fingerprint density at radius 1 is 1.31 bits per heavy atom. The van der Waals surface area contributed by atoms with Gasteiger partial charge in [-0.15, -0.1) is 11.3 Å². The Labute approximate surface area is 163 Å². The average Bonchev–Trinajstić information content (AvgIpc) is 3.27. The summed E-state index contributed by atoms with van der Waals surface area (Å²) in [7, 11) is 0. The van der Waals surface area contributed by atoms with E-state index in [4.69, 9.17) is 0 Å².